The van der Waals surface area contributed by atoms with Gasteiger partial charge in [0, 0.05) is 50.3 Å². The number of nitrogens with one attached hydrogen (secondary N) is 1. The van der Waals surface area contributed by atoms with Gasteiger partial charge in [-0.15, -0.1) is 0 Å². The number of rotatable bonds is 9. The van der Waals surface area contributed by atoms with E-state index >= 15 is 4.39 Å². The third kappa shape index (κ3) is 5.86. The Hall–Kier alpha value is -2.97. The molecule has 0 spiro atoms. The number of ether oxygens (including phenoxy) is 2. The molecule has 2 atom stereocenters. The van der Waals surface area contributed by atoms with Gasteiger partial charge in [0.05, 0.1) is 12.5 Å². The van der Waals surface area contributed by atoms with Crippen LogP contribution < -0.4 is 20.3 Å². The minimum Gasteiger partial charge on any atom is -0.493 e. The van der Waals surface area contributed by atoms with Gasteiger partial charge in [-0.1, -0.05) is 19.4 Å². The number of hydrogen-bond donors (Lipinski definition) is 1. The highest BCUT2D eigenvalue weighted by Crippen LogP contribution is 2.36. The van der Waals surface area contributed by atoms with Crippen molar-refractivity contribution in [1.29, 1.82) is 0 Å². The second kappa shape index (κ2) is 12.3. The van der Waals surface area contributed by atoms with E-state index in [0.717, 1.165) is 55.5 Å². The minimum absolute atomic E-state index is 0.0299. The normalized spacial score (nSPS) is 21.0. The van der Waals surface area contributed by atoms with E-state index in [4.69, 9.17) is 9.47 Å². The molecule has 2 aliphatic rings. The summed E-state index contributed by atoms with van der Waals surface area (Å²) in [5.41, 5.74) is 1.81. The molecule has 5 rings (SSSR count). The zero-order valence-corrected chi connectivity index (χ0v) is 22.5. The summed E-state index contributed by atoms with van der Waals surface area (Å²) in [6.07, 6.45) is 8.61. The van der Waals surface area contributed by atoms with Gasteiger partial charge in [0.2, 0.25) is 0 Å². The monoisotopic (exact) mass is 522 g/mol. The summed E-state index contributed by atoms with van der Waals surface area (Å²) in [6, 6.07) is 7.61. The van der Waals surface area contributed by atoms with Crippen molar-refractivity contribution in [2.75, 3.05) is 39.8 Å². The number of halogens is 1. The molecule has 4 heterocycles. The number of unbranched alkanes of at least 4 members (excludes halogenated alkanes) is 1. The smallest absolute Gasteiger partial charge is 0.260 e. The number of benzene rings is 1. The molecule has 0 bridgehead atoms. The number of nitrogens with zero attached hydrogens (tertiary/aromatic N) is 3. The van der Waals surface area contributed by atoms with Crippen LogP contribution >= 0.6 is 0 Å². The van der Waals surface area contributed by atoms with Crippen LogP contribution in [0.15, 0.2) is 47.7 Å². The number of likely N-dealkylation sites (tertiary alicyclic amines) is 1. The predicted octanol–water partition coefficient (Wildman–Crippen LogP) is 4.66. The van der Waals surface area contributed by atoms with E-state index in [1.807, 2.05) is 30.5 Å². The molecule has 2 aliphatic heterocycles. The van der Waals surface area contributed by atoms with E-state index < -0.39 is 12.3 Å². The maximum Gasteiger partial charge on any atom is 0.260 e. The van der Waals surface area contributed by atoms with Gasteiger partial charge in [-0.05, 0) is 73.8 Å². The van der Waals surface area contributed by atoms with Crippen molar-refractivity contribution in [3.05, 3.63) is 53.2 Å². The molecule has 0 aliphatic carbocycles. The van der Waals surface area contributed by atoms with E-state index in [0.29, 0.717) is 42.3 Å². The largest absolute Gasteiger partial charge is 0.493 e. The maximum atomic E-state index is 15.2. The lowest BCUT2D eigenvalue weighted by atomic mass is 9.96. The number of aryl methyl sites for hydroxylation is 1. The van der Waals surface area contributed by atoms with Gasteiger partial charge in [0.25, 0.3) is 5.56 Å². The second-order valence-corrected chi connectivity index (χ2v) is 10.6. The highest BCUT2D eigenvalue weighted by Gasteiger charge is 2.32. The zero-order chi connectivity index (χ0) is 26.5. The number of hydrogen-bond acceptors (Lipinski definition) is 6. The van der Waals surface area contributed by atoms with Crippen molar-refractivity contribution < 1.29 is 13.9 Å². The number of pyridine rings is 2. The second-order valence-electron chi connectivity index (χ2n) is 10.6. The van der Waals surface area contributed by atoms with Crippen molar-refractivity contribution >= 4 is 10.8 Å². The van der Waals surface area contributed by atoms with Gasteiger partial charge in [0.15, 0.2) is 11.5 Å². The van der Waals surface area contributed by atoms with Crippen LogP contribution in [0.2, 0.25) is 0 Å². The molecule has 3 aromatic rings. The van der Waals surface area contributed by atoms with Crippen molar-refractivity contribution in [1.82, 2.24) is 19.8 Å². The fraction of sp³-hybridized carbons (Fsp3) is 0.533. The van der Waals surface area contributed by atoms with E-state index in [-0.39, 0.29) is 5.56 Å². The van der Waals surface area contributed by atoms with Crippen LogP contribution in [0.5, 0.6) is 11.5 Å². The van der Waals surface area contributed by atoms with Crippen LogP contribution in [0, 0.1) is 5.92 Å². The van der Waals surface area contributed by atoms with Crippen LogP contribution in [-0.2, 0) is 6.54 Å². The first kappa shape index (κ1) is 26.6. The molecule has 38 heavy (non-hydrogen) atoms. The molecule has 0 amide bonds. The molecular weight excluding hydrogens is 483 g/mol. The van der Waals surface area contributed by atoms with E-state index in [1.165, 1.54) is 12.8 Å². The minimum atomic E-state index is -1.05. The van der Waals surface area contributed by atoms with Crippen LogP contribution in [0.4, 0.5) is 4.39 Å². The Kier molecular flexibility index (Phi) is 8.59. The van der Waals surface area contributed by atoms with E-state index in [1.54, 1.807) is 24.1 Å². The van der Waals surface area contributed by atoms with Crippen LogP contribution in [0.25, 0.3) is 21.9 Å². The van der Waals surface area contributed by atoms with Crippen molar-refractivity contribution in [2.45, 2.75) is 57.8 Å². The van der Waals surface area contributed by atoms with E-state index in [2.05, 4.69) is 22.1 Å². The number of methoxy groups -OCH3 is 1. The Labute approximate surface area is 224 Å². The highest BCUT2D eigenvalue weighted by molar-refractivity contribution is 5.95. The van der Waals surface area contributed by atoms with Crippen molar-refractivity contribution in [3.63, 3.8) is 0 Å². The predicted molar refractivity (Wildman–Crippen MR) is 149 cm³/mol. The third-order valence-electron chi connectivity index (χ3n) is 7.93. The SMILES string of the molecule is CCCCn1cc(-c2ccc(O[C@H]3CCN(CC4CCNCC4)C[C@@H]3F)c(OC)c2)c2ccncc2c1=O. The van der Waals surface area contributed by atoms with Gasteiger partial charge in [0.1, 0.15) is 12.3 Å². The molecule has 1 N–H and O–H groups in total. The lowest BCUT2D eigenvalue weighted by molar-refractivity contribution is 0.0138. The van der Waals surface area contributed by atoms with Gasteiger partial charge in [-0.25, -0.2) is 4.39 Å². The molecule has 0 unspecified atom stereocenters. The van der Waals surface area contributed by atoms with Crippen LogP contribution in [0.3, 0.4) is 0 Å². The fourth-order valence-corrected chi connectivity index (χ4v) is 5.73. The Bertz CT molecular complexity index is 1290. The summed E-state index contributed by atoms with van der Waals surface area (Å²) in [4.78, 5) is 19.5. The Morgan fingerprint density at radius 2 is 1.97 bits per heavy atom. The molecule has 0 radical (unpaired) electrons. The average molecular weight is 523 g/mol. The molecule has 2 fully saturated rings. The molecule has 2 saturated heterocycles. The van der Waals surface area contributed by atoms with Gasteiger partial charge >= 0.3 is 0 Å². The highest BCUT2D eigenvalue weighted by atomic mass is 19.1. The molecule has 1 aromatic carbocycles. The summed E-state index contributed by atoms with van der Waals surface area (Å²) in [5.74, 6) is 1.75. The fourth-order valence-electron chi connectivity index (χ4n) is 5.73. The molecular formula is C30H39FN4O3. The number of piperidine rings is 2. The molecule has 7 nitrogen and oxygen atoms in total. The third-order valence-corrected chi connectivity index (χ3v) is 7.93. The first-order chi connectivity index (χ1) is 18.6. The number of aromatic nitrogens is 2. The number of alkyl halides is 1. The average Bonchev–Trinajstić information content (AvgIpc) is 2.95. The number of fused-ring (bicyclic) bond motifs is 1. The Morgan fingerprint density at radius 3 is 2.74 bits per heavy atom. The first-order valence-electron chi connectivity index (χ1n) is 14.0. The van der Waals surface area contributed by atoms with Crippen LogP contribution in [-0.4, -0.2) is 66.6 Å². The zero-order valence-electron chi connectivity index (χ0n) is 22.5. The van der Waals surface area contributed by atoms with Crippen molar-refractivity contribution in [2.24, 2.45) is 5.92 Å². The Morgan fingerprint density at radius 1 is 1.13 bits per heavy atom. The van der Waals surface area contributed by atoms with Gasteiger partial charge in [-0.2, -0.15) is 0 Å². The lowest BCUT2D eigenvalue weighted by Crippen LogP contribution is -2.49. The molecule has 0 saturated carbocycles. The molecule has 8 heteroatoms. The Balaban J connectivity index is 1.34. The standard InChI is InChI=1S/C30H39FN4O3/c1-3-4-14-35-19-25(23-9-13-33-17-24(23)30(35)36)22-5-6-28(29(16-22)37-2)38-27-10-15-34(20-26(27)31)18-21-7-11-32-12-8-21/h5-6,9,13,16-17,19,21,26-27,32H,3-4,7-8,10-12,14-15,18,20H2,1-2H3/t26-,27-/m0/s1. The summed E-state index contributed by atoms with van der Waals surface area (Å²) < 4.78 is 28.9. The van der Waals surface area contributed by atoms with Crippen LogP contribution in [0.1, 0.15) is 39.0 Å². The quantitative estimate of drug-likeness (QED) is 0.441. The van der Waals surface area contributed by atoms with Crippen molar-refractivity contribution in [3.8, 4) is 22.6 Å². The molecule has 204 valence electrons. The van der Waals surface area contributed by atoms with Gasteiger partial charge < -0.3 is 19.4 Å². The summed E-state index contributed by atoms with van der Waals surface area (Å²) in [7, 11) is 1.60. The maximum absolute atomic E-state index is 15.2. The summed E-state index contributed by atoms with van der Waals surface area (Å²) >= 11 is 0. The summed E-state index contributed by atoms with van der Waals surface area (Å²) in [6.45, 7) is 7.11. The lowest BCUT2D eigenvalue weighted by Gasteiger charge is -2.37. The van der Waals surface area contributed by atoms with E-state index in [9.17, 15) is 4.79 Å². The summed E-state index contributed by atoms with van der Waals surface area (Å²) in [5, 5.41) is 4.84. The topological polar surface area (TPSA) is 68.6 Å². The first-order valence-corrected chi connectivity index (χ1v) is 14.0. The molecule has 2 aromatic heterocycles. The van der Waals surface area contributed by atoms with Gasteiger partial charge in [-0.3, -0.25) is 14.7 Å².